The molecule has 0 saturated heterocycles. The molecule has 0 fully saturated rings. The lowest BCUT2D eigenvalue weighted by molar-refractivity contribution is 0.216. The molecule has 1 aromatic rings. The van der Waals surface area contributed by atoms with Gasteiger partial charge in [-0.15, -0.1) is 0 Å². The summed E-state index contributed by atoms with van der Waals surface area (Å²) in [5.74, 6) is 2.05. The zero-order valence-electron chi connectivity index (χ0n) is 11.6. The summed E-state index contributed by atoms with van der Waals surface area (Å²) in [6, 6.07) is 4.69. The largest absolute Gasteiger partial charge is 0.465 e. The first-order chi connectivity index (χ1) is 8.13. The molecule has 0 bridgehead atoms. The van der Waals surface area contributed by atoms with E-state index in [1.807, 2.05) is 13.0 Å². The summed E-state index contributed by atoms with van der Waals surface area (Å²) in [5.41, 5.74) is 0. The molecule has 1 aromatic heterocycles. The van der Waals surface area contributed by atoms with E-state index in [0.29, 0.717) is 6.04 Å². The highest BCUT2D eigenvalue weighted by Crippen LogP contribution is 2.12. The lowest BCUT2D eigenvalue weighted by Crippen LogP contribution is -2.29. The number of furan rings is 1. The highest BCUT2D eigenvalue weighted by Gasteiger charge is 2.10. The van der Waals surface area contributed by atoms with Gasteiger partial charge in [-0.05, 0) is 59.0 Å². The second-order valence-electron chi connectivity index (χ2n) is 4.77. The lowest BCUT2D eigenvalue weighted by atomic mass is 10.1. The summed E-state index contributed by atoms with van der Waals surface area (Å²) in [6.45, 7) is 9.50. The minimum absolute atomic E-state index is 0.596. The maximum atomic E-state index is 5.59. The Kier molecular flexibility index (Phi) is 6.30. The fourth-order valence-electron chi connectivity index (χ4n) is 1.89. The molecule has 3 heteroatoms. The number of nitrogens with zero attached hydrogens (tertiary/aromatic N) is 1. The van der Waals surface area contributed by atoms with E-state index in [-0.39, 0.29) is 0 Å². The molecule has 98 valence electrons. The van der Waals surface area contributed by atoms with Gasteiger partial charge in [0.15, 0.2) is 0 Å². The Labute approximate surface area is 105 Å². The Balaban J connectivity index is 2.24. The molecule has 0 amide bonds. The molecular formula is C14H26N2O. The molecule has 0 aliphatic rings. The van der Waals surface area contributed by atoms with Crippen molar-refractivity contribution in [3.05, 3.63) is 23.7 Å². The molecule has 0 aliphatic heterocycles. The first kappa shape index (κ1) is 14.3. The summed E-state index contributed by atoms with van der Waals surface area (Å²) in [6.07, 6.45) is 2.46. The van der Waals surface area contributed by atoms with Crippen LogP contribution >= 0.6 is 0 Å². The average molecular weight is 238 g/mol. The summed E-state index contributed by atoms with van der Waals surface area (Å²) in [7, 11) is 2.16. The zero-order chi connectivity index (χ0) is 12.7. The van der Waals surface area contributed by atoms with E-state index in [2.05, 4.69) is 37.2 Å². The molecular weight excluding hydrogens is 212 g/mol. The Morgan fingerprint density at radius 3 is 2.76 bits per heavy atom. The van der Waals surface area contributed by atoms with Gasteiger partial charge in [0.2, 0.25) is 0 Å². The summed E-state index contributed by atoms with van der Waals surface area (Å²) >= 11 is 0. The van der Waals surface area contributed by atoms with Gasteiger partial charge in [-0.25, -0.2) is 0 Å². The van der Waals surface area contributed by atoms with Crippen molar-refractivity contribution in [2.24, 2.45) is 0 Å². The van der Waals surface area contributed by atoms with Crippen molar-refractivity contribution in [3.8, 4) is 0 Å². The van der Waals surface area contributed by atoms with Crippen LogP contribution in [0.15, 0.2) is 16.5 Å². The highest BCUT2D eigenvalue weighted by atomic mass is 16.3. The van der Waals surface area contributed by atoms with Gasteiger partial charge in [0, 0.05) is 6.04 Å². The fourth-order valence-corrected chi connectivity index (χ4v) is 1.89. The van der Waals surface area contributed by atoms with E-state index >= 15 is 0 Å². The van der Waals surface area contributed by atoms with E-state index in [1.165, 1.54) is 12.8 Å². The van der Waals surface area contributed by atoms with Crippen LogP contribution in [0.3, 0.4) is 0 Å². The Bertz CT molecular complexity index is 309. The molecule has 1 heterocycles. The molecule has 1 rings (SSSR count). The van der Waals surface area contributed by atoms with E-state index < -0.39 is 0 Å². The van der Waals surface area contributed by atoms with Crippen molar-refractivity contribution in [2.45, 2.75) is 46.2 Å². The van der Waals surface area contributed by atoms with Crippen molar-refractivity contribution >= 4 is 0 Å². The molecule has 1 atom stereocenters. The van der Waals surface area contributed by atoms with Crippen LogP contribution in [0.4, 0.5) is 0 Å². The minimum atomic E-state index is 0.596. The van der Waals surface area contributed by atoms with Gasteiger partial charge >= 0.3 is 0 Å². The van der Waals surface area contributed by atoms with Crippen molar-refractivity contribution in [2.75, 3.05) is 20.1 Å². The highest BCUT2D eigenvalue weighted by molar-refractivity contribution is 5.05. The number of nitrogens with one attached hydrogen (secondary N) is 1. The smallest absolute Gasteiger partial charge is 0.118 e. The van der Waals surface area contributed by atoms with Crippen molar-refractivity contribution in [1.29, 1.82) is 0 Å². The van der Waals surface area contributed by atoms with Crippen LogP contribution < -0.4 is 5.32 Å². The first-order valence-corrected chi connectivity index (χ1v) is 6.59. The van der Waals surface area contributed by atoms with Crippen LogP contribution in [0.1, 0.15) is 38.2 Å². The molecule has 1 N–H and O–H groups in total. The molecule has 1 unspecified atom stereocenters. The normalized spacial score (nSPS) is 13.2. The number of rotatable bonds is 8. The van der Waals surface area contributed by atoms with Gasteiger partial charge in [-0.1, -0.05) is 6.92 Å². The Hall–Kier alpha value is -0.800. The number of aryl methyl sites for hydroxylation is 1. The molecule has 17 heavy (non-hydrogen) atoms. The standard InChI is InChI=1S/C14H26N2O/c1-5-15-10-6-7-12(2)16(4)11-14-9-8-13(3)17-14/h8-9,12,15H,5-7,10-11H2,1-4H3. The third-order valence-corrected chi connectivity index (χ3v) is 3.18. The van der Waals surface area contributed by atoms with Crippen LogP contribution in [0.2, 0.25) is 0 Å². The van der Waals surface area contributed by atoms with Crippen LogP contribution in [-0.4, -0.2) is 31.1 Å². The number of hydrogen-bond acceptors (Lipinski definition) is 3. The van der Waals surface area contributed by atoms with Gasteiger partial charge in [-0.2, -0.15) is 0 Å². The molecule has 0 saturated carbocycles. The molecule has 0 aliphatic carbocycles. The van der Waals surface area contributed by atoms with Gasteiger partial charge in [-0.3, -0.25) is 4.90 Å². The second-order valence-corrected chi connectivity index (χ2v) is 4.77. The van der Waals surface area contributed by atoms with Gasteiger partial charge in [0.25, 0.3) is 0 Å². The van der Waals surface area contributed by atoms with Gasteiger partial charge < -0.3 is 9.73 Å². The molecule has 0 aromatic carbocycles. The van der Waals surface area contributed by atoms with E-state index in [4.69, 9.17) is 4.42 Å². The fraction of sp³-hybridized carbons (Fsp3) is 0.714. The Morgan fingerprint density at radius 2 is 2.18 bits per heavy atom. The van der Waals surface area contributed by atoms with Crippen molar-refractivity contribution in [1.82, 2.24) is 10.2 Å². The quantitative estimate of drug-likeness (QED) is 0.706. The van der Waals surface area contributed by atoms with Gasteiger partial charge in [0.1, 0.15) is 11.5 Å². The SMILES string of the molecule is CCNCCCC(C)N(C)Cc1ccc(C)o1. The van der Waals surface area contributed by atoms with Gasteiger partial charge in [0.05, 0.1) is 6.54 Å². The molecule has 0 spiro atoms. The van der Waals surface area contributed by atoms with Crippen LogP contribution in [0.5, 0.6) is 0 Å². The third kappa shape index (κ3) is 5.37. The lowest BCUT2D eigenvalue weighted by Gasteiger charge is -2.23. The minimum Gasteiger partial charge on any atom is -0.465 e. The van der Waals surface area contributed by atoms with E-state index in [1.54, 1.807) is 0 Å². The monoisotopic (exact) mass is 238 g/mol. The summed E-state index contributed by atoms with van der Waals surface area (Å²) in [5, 5.41) is 3.36. The van der Waals surface area contributed by atoms with E-state index in [9.17, 15) is 0 Å². The van der Waals surface area contributed by atoms with Crippen LogP contribution in [-0.2, 0) is 6.54 Å². The van der Waals surface area contributed by atoms with Crippen molar-refractivity contribution < 1.29 is 4.42 Å². The maximum Gasteiger partial charge on any atom is 0.118 e. The van der Waals surface area contributed by atoms with Crippen LogP contribution in [0.25, 0.3) is 0 Å². The average Bonchev–Trinajstić information content (AvgIpc) is 2.70. The predicted octanol–water partition coefficient (Wildman–Crippen LogP) is 2.80. The number of hydrogen-bond donors (Lipinski definition) is 1. The van der Waals surface area contributed by atoms with E-state index in [0.717, 1.165) is 31.2 Å². The second kappa shape index (κ2) is 7.51. The molecule has 3 nitrogen and oxygen atoms in total. The summed E-state index contributed by atoms with van der Waals surface area (Å²) in [4.78, 5) is 2.35. The third-order valence-electron chi connectivity index (χ3n) is 3.18. The Morgan fingerprint density at radius 1 is 1.41 bits per heavy atom. The topological polar surface area (TPSA) is 28.4 Å². The summed E-state index contributed by atoms with van der Waals surface area (Å²) < 4.78 is 5.59. The van der Waals surface area contributed by atoms with Crippen LogP contribution in [0, 0.1) is 6.92 Å². The van der Waals surface area contributed by atoms with Crippen molar-refractivity contribution in [3.63, 3.8) is 0 Å². The predicted molar refractivity (Wildman–Crippen MR) is 72.2 cm³/mol. The molecule has 0 radical (unpaired) electrons. The zero-order valence-corrected chi connectivity index (χ0v) is 11.6. The first-order valence-electron chi connectivity index (χ1n) is 6.59. The maximum absolute atomic E-state index is 5.59.